The molecular weight excluding hydrogens is 1400 g/mol. The number of rotatable bonds is 38. The van der Waals surface area contributed by atoms with Gasteiger partial charge in [-0.2, -0.15) is 0 Å². The van der Waals surface area contributed by atoms with Crippen LogP contribution in [0.25, 0.3) is 0 Å². The number of nitrogens with one attached hydrogen (secondary N) is 6. The number of allylic oxidation sites excluding steroid dienone is 4. The van der Waals surface area contributed by atoms with Gasteiger partial charge in [0.25, 0.3) is 0 Å². The van der Waals surface area contributed by atoms with Gasteiger partial charge in [-0.1, -0.05) is 94.5 Å². The van der Waals surface area contributed by atoms with Crippen molar-refractivity contribution < 1.29 is 99.7 Å². The first-order valence-corrected chi connectivity index (χ1v) is 36.9. The zero-order chi connectivity index (χ0) is 77.8. The van der Waals surface area contributed by atoms with Gasteiger partial charge in [0.2, 0.25) is 35.3 Å². The lowest BCUT2D eigenvalue weighted by Gasteiger charge is -2.63. The molecule has 108 heavy (non-hydrogen) atoms. The van der Waals surface area contributed by atoms with Crippen molar-refractivity contribution in [2.75, 3.05) is 103 Å². The van der Waals surface area contributed by atoms with Gasteiger partial charge < -0.3 is 90.4 Å². The van der Waals surface area contributed by atoms with E-state index in [1.807, 2.05) is 55.5 Å². The van der Waals surface area contributed by atoms with Crippen molar-refractivity contribution in [1.82, 2.24) is 31.5 Å². The van der Waals surface area contributed by atoms with E-state index in [0.29, 0.717) is 49.5 Å². The number of hydrogen-bond donors (Lipinski definition) is 8. The highest BCUT2D eigenvalue weighted by molar-refractivity contribution is 6.02. The summed E-state index contributed by atoms with van der Waals surface area (Å²) in [4.78, 5) is 134. The smallest absolute Gasteiger partial charge is 0.409 e. The number of nitrogens with zero attached hydrogens (tertiary/aromatic N) is 2. The molecule has 4 fully saturated rings. The van der Waals surface area contributed by atoms with Gasteiger partial charge in [-0.05, 0) is 116 Å². The minimum Gasteiger partial charge on any atom is -0.445 e. The molecule has 1 saturated heterocycles. The molecule has 28 nitrogen and oxygen atoms in total. The third kappa shape index (κ3) is 20.0. The number of carbonyl (C=O) groups excluding carboxylic acids is 10. The second kappa shape index (κ2) is 38.2. The fourth-order valence-electron chi connectivity index (χ4n) is 15.4. The summed E-state index contributed by atoms with van der Waals surface area (Å²) in [6.07, 6.45) is -2.39. The van der Waals surface area contributed by atoms with Crippen molar-refractivity contribution in [3.05, 3.63) is 119 Å². The number of alkyl halides is 2. The van der Waals surface area contributed by atoms with Crippen LogP contribution in [0.15, 0.2) is 96.6 Å². The topological polar surface area (TPSA) is 369 Å². The summed E-state index contributed by atoms with van der Waals surface area (Å²) in [6, 6.07) is 18.6. The molecule has 3 saturated carbocycles. The number of likely N-dealkylation sites (N-methyl/N-ethyl adjacent to an activating group) is 1. The molecule has 0 spiro atoms. The number of halogens is 2. The fourth-order valence-corrected chi connectivity index (χ4v) is 15.4. The van der Waals surface area contributed by atoms with Crippen LogP contribution in [0.4, 0.5) is 34.5 Å². The molecule has 30 heteroatoms. The normalized spacial score (nSPS) is 24.7. The van der Waals surface area contributed by atoms with Gasteiger partial charge in [-0.25, -0.2) is 23.2 Å². The number of Topliss-reactive ketones (excluding diaryl/α,β-unsaturated/α-hetero) is 1. The van der Waals surface area contributed by atoms with Crippen LogP contribution in [-0.4, -0.2) is 210 Å². The average Bonchev–Trinajstić information content (AvgIpc) is 1.43. The summed E-state index contributed by atoms with van der Waals surface area (Å²) >= 11 is 0. The second-order valence-corrected chi connectivity index (χ2v) is 28.6. The van der Waals surface area contributed by atoms with E-state index < -0.39 is 131 Å². The van der Waals surface area contributed by atoms with Crippen molar-refractivity contribution >= 4 is 70.7 Å². The summed E-state index contributed by atoms with van der Waals surface area (Å²) in [5.74, 6) is 0.892. The Labute approximate surface area is 627 Å². The van der Waals surface area contributed by atoms with Gasteiger partial charge in [0, 0.05) is 86.1 Å². The molecule has 3 aromatic carbocycles. The molecule has 0 radical (unpaired) electrons. The summed E-state index contributed by atoms with van der Waals surface area (Å²) in [5, 5.41) is 27.9. The number of benzene rings is 3. The lowest BCUT2D eigenvalue weighted by molar-refractivity contribution is -0.234. The van der Waals surface area contributed by atoms with E-state index >= 15 is 8.78 Å². The third-order valence-electron chi connectivity index (χ3n) is 21.1. The number of hydrogen-bond acceptors (Lipinski definition) is 19. The molecule has 9 rings (SSSR count). The van der Waals surface area contributed by atoms with Crippen LogP contribution in [0.5, 0.6) is 0 Å². The number of fused-ring (bicyclic) bond motifs is 9. The lowest BCUT2D eigenvalue weighted by atomic mass is 9.44. The first-order chi connectivity index (χ1) is 51.7. The van der Waals surface area contributed by atoms with Crippen LogP contribution in [0, 0.1) is 40.4 Å². The second-order valence-electron chi connectivity index (χ2n) is 28.6. The molecule has 2 aliphatic heterocycles. The van der Waals surface area contributed by atoms with Gasteiger partial charge in [0.15, 0.2) is 29.9 Å². The largest absolute Gasteiger partial charge is 0.445 e. The molecule has 0 aromatic heterocycles. The zero-order valence-corrected chi connectivity index (χ0v) is 62.1. The van der Waals surface area contributed by atoms with E-state index in [4.69, 9.17) is 43.6 Å². The van der Waals surface area contributed by atoms with Crippen molar-refractivity contribution in [3.8, 4) is 11.8 Å². The van der Waals surface area contributed by atoms with E-state index in [9.17, 15) is 53.1 Å². The first-order valence-electron chi connectivity index (χ1n) is 36.9. The summed E-state index contributed by atoms with van der Waals surface area (Å²) < 4.78 is 80.1. The van der Waals surface area contributed by atoms with Gasteiger partial charge in [-0.3, -0.25) is 33.6 Å². The Kier molecular flexibility index (Phi) is 29.3. The molecule has 9 amide bonds. The lowest BCUT2D eigenvalue weighted by Crippen LogP contribution is -2.71. The SMILES string of the molecule is CCCC1O[C@@H]2C[C@H]3[C@@H]4C[C@H](F)C5=CC(=O)C=C[C@]5(C)[C@@]4(F)[C@@H](O)C[C@]3(C)[C@]2(C(=O)COC(=O)NCCN(C)C(=O)OCc2ccc(NC(=O)[C@H](CCCNC(N)=O)NC(=O)[C@@H](NC(=O)CCOCCOCCOCCOCCNC(=O)CCC(=O)N3Cc4ccccc4C#Cc4ccccc43)C(C)C)cc2)O1. The number of aliphatic hydroxyl groups excluding tert-OH is 1. The number of anilines is 2. The Morgan fingerprint density at radius 2 is 1.44 bits per heavy atom. The number of aliphatic hydroxyl groups is 1. The van der Waals surface area contributed by atoms with E-state index in [-0.39, 0.29) is 141 Å². The van der Waals surface area contributed by atoms with Gasteiger partial charge in [-0.15, -0.1) is 0 Å². The third-order valence-corrected chi connectivity index (χ3v) is 21.1. The highest BCUT2D eigenvalue weighted by Gasteiger charge is 2.80. The maximum Gasteiger partial charge on any atom is 0.409 e. The average molecular weight is 1510 g/mol. The summed E-state index contributed by atoms with van der Waals surface area (Å²) in [5.41, 5.74) is 2.21. The number of carbonyl (C=O) groups is 10. The van der Waals surface area contributed by atoms with Crippen LogP contribution in [0.1, 0.15) is 121 Å². The summed E-state index contributed by atoms with van der Waals surface area (Å²) in [6.45, 7) is 10.0. The first kappa shape index (κ1) is 82.8. The number of nitrogens with two attached hydrogens (primary N) is 1. The molecule has 3 aromatic rings. The summed E-state index contributed by atoms with van der Waals surface area (Å²) in [7, 11) is 1.44. The molecule has 1 unspecified atom stereocenters. The number of primary amides is 1. The quantitative estimate of drug-likeness (QED) is 0.0238. The maximum absolute atomic E-state index is 17.9. The number of urea groups is 1. The fraction of sp³-hybridized carbons (Fsp3) is 0.564. The standard InChI is InChI=1S/C78H101F2N9O19/c1-7-13-68-107-64-44-56-57-43-59(79)58-42-55(90)27-29-75(58,4)77(57,80)62(91)45-76(56,5)78(64,108-68)63(92)48-105-73(99)84-31-33-88(6)74(100)106-47-50-19-23-54(24-20-50)85-70(96)60(17-12-30-83-72(81)98)86-71(97)69(49(2)3)87-66(94)28-34-101-36-38-103-40-41-104-39-37-102-35-32-82-65(93)25-26-67(95)89-46-53-16-9-8-14-51(53)21-22-52-15-10-11-18-61(52)89/h8-11,14-16,18-20,23-24,27,29,42,49,56-57,59-60,62,64,68-69,91H,7,12-13,17,25-26,28,30-41,43-48H2,1-6H3,(H,82,93)(H,84,99)(H,85,96)(H,86,97)(H,87,94)(H3,81,83,98)/t56-,57-,59-,60-,62-,64+,68?,69-,75-,76-,77-,78+/m0/s1. The van der Waals surface area contributed by atoms with E-state index in [2.05, 4.69) is 43.7 Å². The van der Waals surface area contributed by atoms with Crippen LogP contribution in [-0.2, 0) is 84.6 Å². The van der Waals surface area contributed by atoms with Crippen molar-refractivity contribution in [2.24, 2.45) is 34.3 Å². The molecule has 4 aliphatic carbocycles. The predicted octanol–water partition coefficient (Wildman–Crippen LogP) is 6.07. The van der Waals surface area contributed by atoms with Gasteiger partial charge in [0.05, 0.1) is 77.3 Å². The molecule has 12 atom stereocenters. The van der Waals surface area contributed by atoms with Crippen LogP contribution < -0.4 is 42.5 Å². The monoisotopic (exact) mass is 1510 g/mol. The van der Waals surface area contributed by atoms with E-state index in [0.717, 1.165) is 22.8 Å². The van der Waals surface area contributed by atoms with Crippen molar-refractivity contribution in [2.45, 2.75) is 160 Å². The van der Waals surface area contributed by atoms with Crippen LogP contribution in [0.3, 0.4) is 0 Å². The Morgan fingerprint density at radius 3 is 2.15 bits per heavy atom. The predicted molar refractivity (Wildman–Crippen MR) is 389 cm³/mol. The zero-order valence-electron chi connectivity index (χ0n) is 62.1. The van der Waals surface area contributed by atoms with Gasteiger partial charge >= 0.3 is 18.2 Å². The van der Waals surface area contributed by atoms with E-state index in [1.54, 1.807) is 49.9 Å². The number of alkyl carbamates (subject to hydrolysis) is 1. The molecule has 6 aliphatic rings. The molecule has 586 valence electrons. The van der Waals surface area contributed by atoms with E-state index in [1.165, 1.54) is 31.0 Å². The van der Waals surface area contributed by atoms with Crippen LogP contribution >= 0.6 is 0 Å². The van der Waals surface area contributed by atoms with Crippen LogP contribution in [0.2, 0.25) is 0 Å². The Hall–Kier alpha value is -9.22. The van der Waals surface area contributed by atoms with Gasteiger partial charge in [0.1, 0.15) is 24.9 Å². The number of ether oxygens (including phenoxy) is 8. The maximum atomic E-state index is 17.9. The van der Waals surface area contributed by atoms with Crippen molar-refractivity contribution in [3.63, 3.8) is 0 Å². The molecule has 2 heterocycles. The molecule has 0 bridgehead atoms. The Balaban J connectivity index is 0.625. The molecule has 9 N–H and O–H groups in total. The number of amides is 9. The minimum absolute atomic E-state index is 0.0212. The highest BCUT2D eigenvalue weighted by atomic mass is 19.1. The Morgan fingerprint density at radius 1 is 0.769 bits per heavy atom. The molecular formula is C78H101F2N9O19. The highest BCUT2D eigenvalue weighted by Crippen LogP contribution is 2.72. The minimum atomic E-state index is -2.40. The number of ketones is 2. The number of para-hydroxylation sites is 1. The van der Waals surface area contributed by atoms with Crippen molar-refractivity contribution in [1.29, 1.82) is 0 Å². The Bertz CT molecular complexity index is 3850.